The summed E-state index contributed by atoms with van der Waals surface area (Å²) in [6, 6.07) is 3.83. The summed E-state index contributed by atoms with van der Waals surface area (Å²) in [5, 5.41) is 3.90. The van der Waals surface area contributed by atoms with E-state index in [0.29, 0.717) is 16.8 Å². The van der Waals surface area contributed by atoms with Crippen LogP contribution in [0.1, 0.15) is 25.7 Å². The molecule has 1 N–H and O–H groups in total. The van der Waals surface area contributed by atoms with Gasteiger partial charge in [0.05, 0.1) is 5.02 Å². The topological polar surface area (TPSA) is 48.5 Å². The van der Waals surface area contributed by atoms with Gasteiger partial charge in [-0.25, -0.2) is 4.98 Å². The van der Waals surface area contributed by atoms with Crippen LogP contribution in [0.3, 0.4) is 0 Å². The molecule has 0 aromatic carbocycles. The van der Waals surface area contributed by atoms with Crippen molar-refractivity contribution in [2.24, 2.45) is 11.8 Å². The van der Waals surface area contributed by atoms with Crippen LogP contribution >= 0.6 is 11.6 Å². The number of piperidine rings is 2. The number of hydrogen-bond acceptors (Lipinski definition) is 4. The molecule has 2 saturated heterocycles. The summed E-state index contributed by atoms with van der Waals surface area (Å²) in [6.07, 6.45) is 5.87. The lowest BCUT2D eigenvalue weighted by molar-refractivity contribution is -0.138. The first-order valence-corrected chi connectivity index (χ1v) is 9.35. The third kappa shape index (κ3) is 4.19. The average Bonchev–Trinajstić information content (AvgIpc) is 2.62. The van der Waals surface area contributed by atoms with E-state index in [0.717, 1.165) is 57.8 Å². The summed E-state index contributed by atoms with van der Waals surface area (Å²) in [7, 11) is 1.99. The number of nitrogens with zero attached hydrogens (tertiary/aromatic N) is 3. The lowest BCUT2D eigenvalue weighted by atomic mass is 9.92. The fourth-order valence-corrected chi connectivity index (χ4v) is 4.00. The van der Waals surface area contributed by atoms with Gasteiger partial charge in [0.25, 0.3) is 0 Å². The third-order valence-electron chi connectivity index (χ3n) is 5.20. The monoisotopic (exact) mass is 350 g/mol. The SMILES string of the molecule is CNC[C@H]1CCCN(C(=O)C2CCN(c3ccc(Cl)cn3)CC2)C1. The van der Waals surface area contributed by atoms with Gasteiger partial charge in [-0.1, -0.05) is 11.6 Å². The summed E-state index contributed by atoms with van der Waals surface area (Å²) < 4.78 is 0. The van der Waals surface area contributed by atoms with Gasteiger partial charge >= 0.3 is 0 Å². The lowest BCUT2D eigenvalue weighted by Crippen LogP contribution is -2.47. The molecule has 0 radical (unpaired) electrons. The molecule has 0 saturated carbocycles. The molecule has 1 aromatic heterocycles. The van der Waals surface area contributed by atoms with E-state index < -0.39 is 0 Å². The first-order valence-electron chi connectivity index (χ1n) is 8.97. The van der Waals surface area contributed by atoms with Gasteiger partial charge < -0.3 is 15.1 Å². The normalized spacial score (nSPS) is 22.7. The molecule has 2 fully saturated rings. The van der Waals surface area contributed by atoms with Crippen LogP contribution in [0.4, 0.5) is 5.82 Å². The van der Waals surface area contributed by atoms with Gasteiger partial charge in [0, 0.05) is 38.3 Å². The number of likely N-dealkylation sites (tertiary alicyclic amines) is 1. The maximum absolute atomic E-state index is 12.8. The van der Waals surface area contributed by atoms with Gasteiger partial charge in [-0.3, -0.25) is 4.79 Å². The van der Waals surface area contributed by atoms with Crippen LogP contribution in [0, 0.1) is 11.8 Å². The third-order valence-corrected chi connectivity index (χ3v) is 5.43. The second-order valence-electron chi connectivity index (χ2n) is 6.95. The highest BCUT2D eigenvalue weighted by molar-refractivity contribution is 6.30. The minimum atomic E-state index is 0.168. The molecular weight excluding hydrogens is 324 g/mol. The first-order chi connectivity index (χ1) is 11.7. The summed E-state index contributed by atoms with van der Waals surface area (Å²) in [5.74, 6) is 2.09. The largest absolute Gasteiger partial charge is 0.357 e. The number of nitrogens with one attached hydrogen (secondary N) is 1. The summed E-state index contributed by atoms with van der Waals surface area (Å²) in [5.41, 5.74) is 0. The van der Waals surface area contributed by atoms with Gasteiger partial charge in [0.2, 0.25) is 5.91 Å². The Hall–Kier alpha value is -1.33. The van der Waals surface area contributed by atoms with Crippen LogP contribution in [0.15, 0.2) is 18.3 Å². The number of anilines is 1. The molecule has 1 aromatic rings. The molecule has 0 unspecified atom stereocenters. The standard InChI is InChI=1S/C18H27ClN4O/c1-20-11-14-3-2-8-23(13-14)18(24)15-6-9-22(10-7-15)17-5-4-16(19)12-21-17/h4-5,12,14-15,20H,2-3,6-11,13H2,1H3/t14-/m1/s1. The van der Waals surface area contributed by atoms with E-state index in [-0.39, 0.29) is 5.92 Å². The van der Waals surface area contributed by atoms with Crippen LogP contribution in [-0.2, 0) is 4.79 Å². The molecule has 3 rings (SSSR count). The minimum Gasteiger partial charge on any atom is -0.357 e. The fourth-order valence-electron chi connectivity index (χ4n) is 3.89. The smallest absolute Gasteiger partial charge is 0.225 e. The molecular formula is C18H27ClN4O. The number of hydrogen-bond donors (Lipinski definition) is 1. The van der Waals surface area contributed by atoms with E-state index in [4.69, 9.17) is 11.6 Å². The van der Waals surface area contributed by atoms with Gasteiger partial charge in [-0.2, -0.15) is 0 Å². The van der Waals surface area contributed by atoms with E-state index in [1.54, 1.807) is 6.20 Å². The van der Waals surface area contributed by atoms with Gasteiger partial charge in [0.15, 0.2) is 0 Å². The average molecular weight is 351 g/mol. The summed E-state index contributed by atoms with van der Waals surface area (Å²) in [4.78, 5) is 21.6. The van der Waals surface area contributed by atoms with Crippen LogP contribution in [0.5, 0.6) is 0 Å². The molecule has 1 amide bonds. The van der Waals surface area contributed by atoms with E-state index >= 15 is 0 Å². The second kappa shape index (κ2) is 8.17. The van der Waals surface area contributed by atoms with Crippen molar-refractivity contribution in [3.05, 3.63) is 23.4 Å². The number of carbonyl (C=O) groups excluding carboxylic acids is 1. The molecule has 132 valence electrons. The Labute approximate surface area is 149 Å². The van der Waals surface area contributed by atoms with Crippen LogP contribution in [-0.4, -0.2) is 55.6 Å². The van der Waals surface area contributed by atoms with Crippen molar-refractivity contribution < 1.29 is 4.79 Å². The van der Waals surface area contributed by atoms with Crippen molar-refractivity contribution in [3.63, 3.8) is 0 Å². The molecule has 0 bridgehead atoms. The number of carbonyl (C=O) groups is 1. The van der Waals surface area contributed by atoms with E-state index in [1.165, 1.54) is 6.42 Å². The molecule has 3 heterocycles. The first kappa shape index (κ1) is 17.5. The Morgan fingerprint density at radius 2 is 2.08 bits per heavy atom. The van der Waals surface area contributed by atoms with E-state index in [2.05, 4.69) is 20.1 Å². The molecule has 24 heavy (non-hydrogen) atoms. The van der Waals surface area contributed by atoms with Crippen LogP contribution in [0.25, 0.3) is 0 Å². The number of aromatic nitrogens is 1. The van der Waals surface area contributed by atoms with Crippen molar-refractivity contribution in [1.82, 2.24) is 15.2 Å². The molecule has 6 heteroatoms. The Morgan fingerprint density at radius 3 is 2.75 bits per heavy atom. The summed E-state index contributed by atoms with van der Waals surface area (Å²) in [6.45, 7) is 4.62. The Balaban J connectivity index is 1.52. The highest BCUT2D eigenvalue weighted by atomic mass is 35.5. The van der Waals surface area contributed by atoms with E-state index in [1.807, 2.05) is 19.2 Å². The Morgan fingerprint density at radius 1 is 1.29 bits per heavy atom. The van der Waals surface area contributed by atoms with Crippen molar-refractivity contribution in [3.8, 4) is 0 Å². The number of halogens is 1. The molecule has 0 aliphatic carbocycles. The number of rotatable bonds is 4. The maximum Gasteiger partial charge on any atom is 0.225 e. The fraction of sp³-hybridized carbons (Fsp3) is 0.667. The van der Waals surface area contributed by atoms with Gasteiger partial charge in [-0.15, -0.1) is 0 Å². The van der Waals surface area contributed by atoms with Crippen LogP contribution in [0.2, 0.25) is 5.02 Å². The number of amides is 1. The highest BCUT2D eigenvalue weighted by Crippen LogP contribution is 2.26. The predicted molar refractivity (Wildman–Crippen MR) is 97.4 cm³/mol. The predicted octanol–water partition coefficient (Wildman–Crippen LogP) is 2.41. The Kier molecular flexibility index (Phi) is 5.95. The van der Waals surface area contributed by atoms with Crippen molar-refractivity contribution in [2.75, 3.05) is 44.7 Å². The lowest BCUT2D eigenvalue weighted by Gasteiger charge is -2.38. The quantitative estimate of drug-likeness (QED) is 0.906. The zero-order chi connectivity index (χ0) is 16.9. The highest BCUT2D eigenvalue weighted by Gasteiger charge is 2.31. The number of pyridine rings is 1. The minimum absolute atomic E-state index is 0.168. The van der Waals surface area contributed by atoms with Crippen LogP contribution < -0.4 is 10.2 Å². The Bertz CT molecular complexity index is 540. The molecule has 2 aliphatic rings. The summed E-state index contributed by atoms with van der Waals surface area (Å²) >= 11 is 5.90. The van der Waals surface area contributed by atoms with Gasteiger partial charge in [-0.05, 0) is 57.3 Å². The second-order valence-corrected chi connectivity index (χ2v) is 7.38. The molecule has 1 atom stereocenters. The molecule has 2 aliphatic heterocycles. The van der Waals surface area contributed by atoms with Gasteiger partial charge in [0.1, 0.15) is 5.82 Å². The molecule has 5 nitrogen and oxygen atoms in total. The van der Waals surface area contributed by atoms with Crippen molar-refractivity contribution in [2.45, 2.75) is 25.7 Å². The van der Waals surface area contributed by atoms with Crippen molar-refractivity contribution in [1.29, 1.82) is 0 Å². The molecule has 0 spiro atoms. The zero-order valence-corrected chi connectivity index (χ0v) is 15.1. The van der Waals surface area contributed by atoms with Crippen molar-refractivity contribution >= 4 is 23.3 Å². The maximum atomic E-state index is 12.8. The zero-order valence-electron chi connectivity index (χ0n) is 14.4. The van der Waals surface area contributed by atoms with E-state index in [9.17, 15) is 4.79 Å².